The summed E-state index contributed by atoms with van der Waals surface area (Å²) in [6.45, 7) is 11.1. The number of ether oxygens (including phenoxy) is 1. The molecule has 0 spiro atoms. The molecule has 0 N–H and O–H groups in total. The molecule has 4 heteroatoms. The Labute approximate surface area is 120 Å². The highest BCUT2D eigenvalue weighted by Crippen LogP contribution is 2.24. The van der Waals surface area contributed by atoms with Gasteiger partial charge in [-0.25, -0.2) is 4.79 Å². The van der Waals surface area contributed by atoms with Gasteiger partial charge in [-0.3, -0.25) is 9.69 Å². The van der Waals surface area contributed by atoms with E-state index in [9.17, 15) is 9.59 Å². The largest absolute Gasteiger partial charge is 0.444 e. The molecule has 1 aliphatic rings. The second-order valence-corrected chi connectivity index (χ2v) is 5.79. The Morgan fingerprint density at radius 2 is 2.00 bits per heavy atom. The van der Waals surface area contributed by atoms with Crippen LogP contribution < -0.4 is 0 Å². The van der Waals surface area contributed by atoms with E-state index in [1.54, 1.807) is 18.2 Å². The predicted molar refractivity (Wildman–Crippen MR) is 78.3 cm³/mol. The van der Waals surface area contributed by atoms with Crippen LogP contribution in [0.1, 0.15) is 27.7 Å². The minimum Gasteiger partial charge on any atom is -0.444 e. The SMILES string of the molecule is C=C=CCN(C(=O)OC(C)(C)C)C1(C)C=CC(=O)C=C1. The highest BCUT2D eigenvalue weighted by atomic mass is 16.6. The second-order valence-electron chi connectivity index (χ2n) is 5.79. The zero-order valence-corrected chi connectivity index (χ0v) is 12.5. The lowest BCUT2D eigenvalue weighted by atomic mass is 9.94. The molecule has 0 radical (unpaired) electrons. The molecule has 0 saturated heterocycles. The summed E-state index contributed by atoms with van der Waals surface area (Å²) in [6, 6.07) is 0. The van der Waals surface area contributed by atoms with Gasteiger partial charge in [0.1, 0.15) is 5.60 Å². The van der Waals surface area contributed by atoms with Gasteiger partial charge < -0.3 is 4.74 Å². The standard InChI is InChI=1S/C16H21NO3/c1-6-7-12-17(14(19)20-15(2,3)4)16(5)10-8-13(18)9-11-16/h7-11H,1,12H2,2-5H3. The first-order valence-electron chi connectivity index (χ1n) is 6.45. The first kappa shape index (κ1) is 16.0. The molecular formula is C16H21NO3. The Bertz CT molecular complexity index is 486. The summed E-state index contributed by atoms with van der Waals surface area (Å²) in [5.74, 6) is -0.0918. The van der Waals surface area contributed by atoms with Gasteiger partial charge in [0.15, 0.2) is 5.78 Å². The van der Waals surface area contributed by atoms with E-state index in [4.69, 9.17) is 4.74 Å². The Morgan fingerprint density at radius 3 is 2.45 bits per heavy atom. The molecule has 0 unspecified atom stereocenters. The molecule has 4 nitrogen and oxygen atoms in total. The predicted octanol–water partition coefficient (Wildman–Crippen LogP) is 3.02. The molecule has 0 atom stereocenters. The summed E-state index contributed by atoms with van der Waals surface area (Å²) in [5.41, 5.74) is 1.35. The van der Waals surface area contributed by atoms with E-state index in [1.807, 2.05) is 27.7 Å². The van der Waals surface area contributed by atoms with Crippen molar-refractivity contribution in [2.75, 3.05) is 6.54 Å². The third-order valence-corrected chi connectivity index (χ3v) is 2.78. The van der Waals surface area contributed by atoms with Gasteiger partial charge in [-0.05, 0) is 45.9 Å². The van der Waals surface area contributed by atoms with Crippen molar-refractivity contribution in [1.29, 1.82) is 0 Å². The minimum atomic E-state index is -0.705. The number of hydrogen-bond donors (Lipinski definition) is 0. The molecule has 1 amide bonds. The summed E-state index contributed by atoms with van der Waals surface area (Å²) in [5, 5.41) is 0. The van der Waals surface area contributed by atoms with E-state index in [0.717, 1.165) is 0 Å². The average molecular weight is 275 g/mol. The average Bonchev–Trinajstić information content (AvgIpc) is 2.31. The molecule has 1 aliphatic carbocycles. The van der Waals surface area contributed by atoms with Gasteiger partial charge in [-0.15, -0.1) is 5.73 Å². The van der Waals surface area contributed by atoms with Crippen LogP contribution in [0.5, 0.6) is 0 Å². The maximum absolute atomic E-state index is 12.3. The first-order chi connectivity index (χ1) is 9.18. The molecule has 0 fully saturated rings. The van der Waals surface area contributed by atoms with Crippen LogP contribution in [0.2, 0.25) is 0 Å². The molecule has 108 valence electrons. The molecule has 0 aliphatic heterocycles. The zero-order chi connectivity index (χ0) is 15.4. The molecular weight excluding hydrogens is 254 g/mol. The third kappa shape index (κ3) is 4.25. The number of amides is 1. The van der Waals surface area contributed by atoms with E-state index in [0.29, 0.717) is 6.54 Å². The van der Waals surface area contributed by atoms with Gasteiger partial charge >= 0.3 is 6.09 Å². The molecule has 0 heterocycles. The summed E-state index contributed by atoms with van der Waals surface area (Å²) in [6.07, 6.45) is 7.49. The highest BCUT2D eigenvalue weighted by Gasteiger charge is 2.34. The van der Waals surface area contributed by atoms with Crippen molar-refractivity contribution in [1.82, 2.24) is 4.90 Å². The van der Waals surface area contributed by atoms with Gasteiger partial charge in [0.2, 0.25) is 0 Å². The fourth-order valence-corrected chi connectivity index (χ4v) is 1.73. The number of hydrogen-bond acceptors (Lipinski definition) is 3. The quantitative estimate of drug-likeness (QED) is 0.744. The Morgan fingerprint density at radius 1 is 1.45 bits per heavy atom. The molecule has 0 aromatic carbocycles. The van der Waals surface area contributed by atoms with E-state index in [1.165, 1.54) is 17.1 Å². The molecule has 0 saturated carbocycles. The van der Waals surface area contributed by atoms with Crippen LogP contribution in [0.15, 0.2) is 42.7 Å². The maximum Gasteiger partial charge on any atom is 0.411 e. The second kappa shape index (κ2) is 5.93. The van der Waals surface area contributed by atoms with Crippen molar-refractivity contribution < 1.29 is 14.3 Å². The fourth-order valence-electron chi connectivity index (χ4n) is 1.73. The van der Waals surface area contributed by atoms with Crippen LogP contribution in [0.4, 0.5) is 4.79 Å². The molecule has 0 aromatic heterocycles. The smallest absolute Gasteiger partial charge is 0.411 e. The molecule has 0 bridgehead atoms. The van der Waals surface area contributed by atoms with Crippen molar-refractivity contribution >= 4 is 11.9 Å². The number of nitrogens with zero attached hydrogens (tertiary/aromatic N) is 1. The Kier molecular flexibility index (Phi) is 4.74. The first-order valence-corrected chi connectivity index (χ1v) is 6.45. The van der Waals surface area contributed by atoms with Gasteiger partial charge in [0, 0.05) is 0 Å². The normalized spacial score (nSPS) is 16.5. The summed E-state index contributed by atoms with van der Waals surface area (Å²) in [4.78, 5) is 25.1. The molecule has 20 heavy (non-hydrogen) atoms. The van der Waals surface area contributed by atoms with E-state index in [2.05, 4.69) is 12.3 Å². The van der Waals surface area contributed by atoms with Crippen LogP contribution in [0.25, 0.3) is 0 Å². The lowest BCUT2D eigenvalue weighted by Crippen LogP contribution is -2.50. The van der Waals surface area contributed by atoms with Gasteiger partial charge in [-0.1, -0.05) is 18.7 Å². The Balaban J connectivity index is 3.03. The lowest BCUT2D eigenvalue weighted by molar-refractivity contribution is -0.110. The van der Waals surface area contributed by atoms with E-state index in [-0.39, 0.29) is 5.78 Å². The van der Waals surface area contributed by atoms with Crippen LogP contribution in [-0.4, -0.2) is 34.5 Å². The monoisotopic (exact) mass is 275 g/mol. The number of allylic oxidation sites excluding steroid dienone is 2. The van der Waals surface area contributed by atoms with Crippen molar-refractivity contribution in [2.24, 2.45) is 0 Å². The van der Waals surface area contributed by atoms with Crippen molar-refractivity contribution in [3.63, 3.8) is 0 Å². The van der Waals surface area contributed by atoms with Crippen LogP contribution in [0.3, 0.4) is 0 Å². The van der Waals surface area contributed by atoms with Crippen LogP contribution in [-0.2, 0) is 9.53 Å². The summed E-state index contributed by atoms with van der Waals surface area (Å²) in [7, 11) is 0. The number of rotatable bonds is 3. The lowest BCUT2D eigenvalue weighted by Gasteiger charge is -2.38. The number of carbonyl (C=O) groups is 2. The van der Waals surface area contributed by atoms with Gasteiger partial charge in [0.25, 0.3) is 0 Å². The fraction of sp³-hybridized carbons (Fsp3) is 0.438. The number of carbonyl (C=O) groups excluding carboxylic acids is 2. The number of ketones is 1. The summed E-state index contributed by atoms with van der Waals surface area (Å²) >= 11 is 0. The highest BCUT2D eigenvalue weighted by molar-refractivity contribution is 6.00. The Hall–Kier alpha value is -2.06. The van der Waals surface area contributed by atoms with E-state index >= 15 is 0 Å². The minimum absolute atomic E-state index is 0.0918. The molecule has 0 aromatic rings. The van der Waals surface area contributed by atoms with Gasteiger partial charge in [-0.2, -0.15) is 0 Å². The third-order valence-electron chi connectivity index (χ3n) is 2.78. The molecule has 1 rings (SSSR count). The van der Waals surface area contributed by atoms with Crippen molar-refractivity contribution in [3.8, 4) is 0 Å². The van der Waals surface area contributed by atoms with E-state index < -0.39 is 17.2 Å². The van der Waals surface area contributed by atoms with Crippen molar-refractivity contribution in [2.45, 2.75) is 38.8 Å². The zero-order valence-electron chi connectivity index (χ0n) is 12.5. The topological polar surface area (TPSA) is 46.6 Å². The van der Waals surface area contributed by atoms with Gasteiger partial charge in [0.05, 0.1) is 12.1 Å². The summed E-state index contributed by atoms with van der Waals surface area (Å²) < 4.78 is 5.41. The van der Waals surface area contributed by atoms with Crippen LogP contribution >= 0.6 is 0 Å². The maximum atomic E-state index is 12.3. The van der Waals surface area contributed by atoms with Crippen LogP contribution in [0, 0.1) is 0 Å². The van der Waals surface area contributed by atoms with Crippen molar-refractivity contribution in [3.05, 3.63) is 42.7 Å².